The highest BCUT2D eigenvalue weighted by Crippen LogP contribution is 2.19. The molecule has 0 saturated carbocycles. The zero-order valence-corrected chi connectivity index (χ0v) is 10.7. The first-order chi connectivity index (χ1) is 8.11. The summed E-state index contributed by atoms with van der Waals surface area (Å²) in [6, 6.07) is 0. The maximum absolute atomic E-state index is 12.1. The first kappa shape index (κ1) is 11.8. The number of ether oxygens (including phenoxy) is 1. The van der Waals surface area contributed by atoms with Gasteiger partial charge in [-0.1, -0.05) is 0 Å². The van der Waals surface area contributed by atoms with E-state index in [1.807, 2.05) is 12.3 Å². The first-order valence-electron chi connectivity index (χ1n) is 5.12. The normalized spacial score (nSPS) is 10.5. The third-order valence-electron chi connectivity index (χ3n) is 2.40. The van der Waals surface area contributed by atoms with Crippen LogP contribution in [0.5, 0.6) is 5.75 Å². The fourth-order valence-electron chi connectivity index (χ4n) is 1.62. The lowest BCUT2D eigenvalue weighted by molar-refractivity contribution is 0.0980. The number of aryl methyl sites for hydroxylation is 2. The Morgan fingerprint density at radius 2 is 2.35 bits per heavy atom. The monoisotopic (exact) mass is 251 g/mol. The fourth-order valence-corrected chi connectivity index (χ4v) is 2.23. The number of thiazole rings is 1. The van der Waals surface area contributed by atoms with E-state index in [1.54, 1.807) is 24.6 Å². The lowest BCUT2D eigenvalue weighted by Crippen LogP contribution is -2.11. The molecular formula is C11H13N3O2S. The second-order valence-electron chi connectivity index (χ2n) is 3.64. The zero-order valence-electron chi connectivity index (χ0n) is 9.93. The summed E-state index contributed by atoms with van der Waals surface area (Å²) in [6.45, 7) is 1.92. The summed E-state index contributed by atoms with van der Waals surface area (Å²) in [7, 11) is 3.25. The predicted molar refractivity (Wildman–Crippen MR) is 64.6 cm³/mol. The second-order valence-corrected chi connectivity index (χ2v) is 4.71. The van der Waals surface area contributed by atoms with Gasteiger partial charge in [-0.05, 0) is 6.92 Å². The van der Waals surface area contributed by atoms with Crippen LogP contribution in [-0.2, 0) is 13.5 Å². The molecule has 90 valence electrons. The largest absolute Gasteiger partial charge is 0.493 e. The minimum absolute atomic E-state index is 0.0350. The Morgan fingerprint density at radius 1 is 1.59 bits per heavy atom. The molecule has 5 nitrogen and oxygen atoms in total. The molecule has 6 heteroatoms. The van der Waals surface area contributed by atoms with Crippen molar-refractivity contribution >= 4 is 17.1 Å². The Balaban J connectivity index is 2.22. The molecule has 0 aliphatic carbocycles. The summed E-state index contributed by atoms with van der Waals surface area (Å²) < 4.78 is 6.64. The summed E-state index contributed by atoms with van der Waals surface area (Å²) in [5.41, 5.74) is 1.28. The molecule has 2 rings (SSSR count). The van der Waals surface area contributed by atoms with Crippen molar-refractivity contribution in [2.24, 2.45) is 7.05 Å². The third-order valence-corrected chi connectivity index (χ3v) is 3.22. The highest BCUT2D eigenvalue weighted by atomic mass is 32.1. The molecule has 2 aromatic rings. The highest BCUT2D eigenvalue weighted by Gasteiger charge is 2.18. The molecule has 0 unspecified atom stereocenters. The van der Waals surface area contributed by atoms with Gasteiger partial charge in [-0.2, -0.15) is 5.10 Å². The molecule has 0 saturated heterocycles. The molecular weight excluding hydrogens is 238 g/mol. The minimum atomic E-state index is -0.0350. The lowest BCUT2D eigenvalue weighted by Gasteiger charge is -2.02. The summed E-state index contributed by atoms with van der Waals surface area (Å²) >= 11 is 1.54. The average molecular weight is 251 g/mol. The summed E-state index contributed by atoms with van der Waals surface area (Å²) in [5, 5.41) is 6.87. The number of hydrogen-bond acceptors (Lipinski definition) is 5. The molecule has 0 bridgehead atoms. The maximum Gasteiger partial charge on any atom is 0.190 e. The first-order valence-corrected chi connectivity index (χ1v) is 6.00. The van der Waals surface area contributed by atoms with Crippen LogP contribution in [-0.4, -0.2) is 27.7 Å². The smallest absolute Gasteiger partial charge is 0.190 e. The van der Waals surface area contributed by atoms with Crippen molar-refractivity contribution in [1.82, 2.24) is 14.8 Å². The van der Waals surface area contributed by atoms with Gasteiger partial charge in [0.1, 0.15) is 5.69 Å². The summed E-state index contributed by atoms with van der Waals surface area (Å²) in [4.78, 5) is 16.4. The van der Waals surface area contributed by atoms with E-state index in [0.717, 1.165) is 10.7 Å². The third kappa shape index (κ3) is 2.36. The van der Waals surface area contributed by atoms with E-state index in [-0.39, 0.29) is 12.2 Å². The van der Waals surface area contributed by atoms with Crippen LogP contribution in [0.2, 0.25) is 0 Å². The van der Waals surface area contributed by atoms with Crippen LogP contribution in [0.4, 0.5) is 0 Å². The van der Waals surface area contributed by atoms with Crippen LogP contribution in [0, 0.1) is 6.92 Å². The molecule has 0 spiro atoms. The van der Waals surface area contributed by atoms with Crippen LogP contribution in [0.3, 0.4) is 0 Å². The number of methoxy groups -OCH3 is 1. The molecule has 0 atom stereocenters. The average Bonchev–Trinajstić information content (AvgIpc) is 2.84. The molecule has 0 aromatic carbocycles. The standard InChI is InChI=1S/C11H13N3O2S/c1-7-13-8(6-17-7)4-9(15)11-10(16-3)5-12-14(11)2/h5-6H,4H2,1-3H3. The van der Waals surface area contributed by atoms with Gasteiger partial charge in [0.15, 0.2) is 11.5 Å². The number of aromatic nitrogens is 3. The number of carbonyl (C=O) groups is 1. The Labute approximate surface area is 103 Å². The number of ketones is 1. The Hall–Kier alpha value is -1.69. The molecule has 0 N–H and O–H groups in total. The van der Waals surface area contributed by atoms with Crippen molar-refractivity contribution in [3.63, 3.8) is 0 Å². The molecule has 17 heavy (non-hydrogen) atoms. The molecule has 0 aliphatic rings. The van der Waals surface area contributed by atoms with Gasteiger partial charge in [0, 0.05) is 12.4 Å². The number of hydrogen-bond donors (Lipinski definition) is 0. The molecule has 0 aliphatic heterocycles. The van der Waals surface area contributed by atoms with Gasteiger partial charge in [-0.25, -0.2) is 4.98 Å². The zero-order chi connectivity index (χ0) is 12.4. The van der Waals surface area contributed by atoms with Gasteiger partial charge in [0.05, 0.1) is 30.4 Å². The summed E-state index contributed by atoms with van der Waals surface area (Å²) in [6.07, 6.45) is 1.82. The van der Waals surface area contributed by atoms with Gasteiger partial charge < -0.3 is 4.74 Å². The maximum atomic E-state index is 12.1. The fraction of sp³-hybridized carbons (Fsp3) is 0.364. The predicted octanol–water partition coefficient (Wildman–Crippen LogP) is 1.62. The Bertz CT molecular complexity index is 545. The van der Waals surface area contributed by atoms with Crippen LogP contribution in [0.15, 0.2) is 11.6 Å². The quantitative estimate of drug-likeness (QED) is 0.775. The lowest BCUT2D eigenvalue weighted by atomic mass is 10.1. The number of Topliss-reactive ketones (excluding diaryl/α,β-unsaturated/α-hetero) is 1. The van der Waals surface area contributed by atoms with Gasteiger partial charge in [0.2, 0.25) is 0 Å². The molecule has 0 radical (unpaired) electrons. The molecule has 0 fully saturated rings. The number of carbonyl (C=O) groups excluding carboxylic acids is 1. The van der Waals surface area contributed by atoms with Crippen molar-refractivity contribution in [2.45, 2.75) is 13.3 Å². The van der Waals surface area contributed by atoms with E-state index < -0.39 is 0 Å². The SMILES string of the molecule is COc1cnn(C)c1C(=O)Cc1csc(C)n1. The van der Waals surface area contributed by atoms with Gasteiger partial charge >= 0.3 is 0 Å². The van der Waals surface area contributed by atoms with Crippen molar-refractivity contribution < 1.29 is 9.53 Å². The van der Waals surface area contributed by atoms with Crippen molar-refractivity contribution in [1.29, 1.82) is 0 Å². The van der Waals surface area contributed by atoms with E-state index >= 15 is 0 Å². The van der Waals surface area contributed by atoms with Crippen LogP contribution in [0.1, 0.15) is 21.2 Å². The van der Waals surface area contributed by atoms with Crippen LogP contribution in [0.25, 0.3) is 0 Å². The molecule has 0 amide bonds. The van der Waals surface area contributed by atoms with E-state index in [4.69, 9.17) is 4.74 Å². The van der Waals surface area contributed by atoms with Crippen molar-refractivity contribution in [3.8, 4) is 5.75 Å². The highest BCUT2D eigenvalue weighted by molar-refractivity contribution is 7.09. The van der Waals surface area contributed by atoms with Crippen LogP contribution >= 0.6 is 11.3 Å². The molecule has 2 heterocycles. The summed E-state index contributed by atoms with van der Waals surface area (Å²) in [5.74, 6) is 0.469. The number of rotatable bonds is 4. The topological polar surface area (TPSA) is 57.0 Å². The minimum Gasteiger partial charge on any atom is -0.493 e. The second kappa shape index (κ2) is 4.67. The molecule has 2 aromatic heterocycles. The van der Waals surface area contributed by atoms with E-state index in [2.05, 4.69) is 10.1 Å². The van der Waals surface area contributed by atoms with Gasteiger partial charge in [-0.15, -0.1) is 11.3 Å². The van der Waals surface area contributed by atoms with E-state index in [9.17, 15) is 4.79 Å². The van der Waals surface area contributed by atoms with Gasteiger partial charge in [-0.3, -0.25) is 9.48 Å². The van der Waals surface area contributed by atoms with Crippen LogP contribution < -0.4 is 4.74 Å². The van der Waals surface area contributed by atoms with Gasteiger partial charge in [0.25, 0.3) is 0 Å². The van der Waals surface area contributed by atoms with Crippen molar-refractivity contribution in [3.05, 3.63) is 28.0 Å². The number of nitrogens with zero attached hydrogens (tertiary/aromatic N) is 3. The van der Waals surface area contributed by atoms with Crippen molar-refractivity contribution in [2.75, 3.05) is 7.11 Å². The van der Waals surface area contributed by atoms with E-state index in [1.165, 1.54) is 11.8 Å². The Morgan fingerprint density at radius 3 is 2.94 bits per heavy atom. The van der Waals surface area contributed by atoms with E-state index in [0.29, 0.717) is 11.4 Å². The Kier molecular flexibility index (Phi) is 3.23.